The molecule has 170 valence electrons. The van der Waals surface area contributed by atoms with Crippen LogP contribution in [0.15, 0.2) is 58.7 Å². The number of hydrogen-bond acceptors (Lipinski definition) is 6. The van der Waals surface area contributed by atoms with Gasteiger partial charge < -0.3 is 9.80 Å². The molecule has 2 aromatic carbocycles. The minimum absolute atomic E-state index is 0.175. The van der Waals surface area contributed by atoms with E-state index < -0.39 is 0 Å². The quantitative estimate of drug-likeness (QED) is 0.322. The van der Waals surface area contributed by atoms with Gasteiger partial charge in [-0.15, -0.1) is 0 Å². The van der Waals surface area contributed by atoms with Gasteiger partial charge >= 0.3 is 0 Å². The third-order valence-corrected chi connectivity index (χ3v) is 4.68. The number of nitrogens with one attached hydrogen (secondary N) is 2. The first-order valence-electron chi connectivity index (χ1n) is 10.5. The molecule has 0 saturated carbocycles. The largest absolute Gasteiger partial charge is 0.378 e. The molecule has 0 aromatic heterocycles. The van der Waals surface area contributed by atoms with E-state index in [1.807, 2.05) is 86.5 Å². The lowest BCUT2D eigenvalue weighted by molar-refractivity contribution is -0.123. The molecule has 0 aliphatic heterocycles. The van der Waals surface area contributed by atoms with Crippen molar-refractivity contribution < 1.29 is 9.59 Å². The van der Waals surface area contributed by atoms with Crippen molar-refractivity contribution in [2.45, 2.75) is 25.7 Å². The van der Waals surface area contributed by atoms with E-state index in [0.717, 1.165) is 22.5 Å². The Morgan fingerprint density at radius 1 is 0.688 bits per heavy atom. The zero-order valence-corrected chi connectivity index (χ0v) is 19.2. The molecule has 32 heavy (non-hydrogen) atoms. The van der Waals surface area contributed by atoms with Gasteiger partial charge in [-0.05, 0) is 48.2 Å². The Morgan fingerprint density at radius 3 is 1.34 bits per heavy atom. The highest BCUT2D eigenvalue weighted by Gasteiger charge is 2.03. The number of rotatable bonds is 11. The summed E-state index contributed by atoms with van der Waals surface area (Å²) in [5.41, 5.74) is 9.03. The predicted octanol–water partition coefficient (Wildman–Crippen LogP) is 2.98. The monoisotopic (exact) mass is 436 g/mol. The molecule has 8 nitrogen and oxygen atoms in total. The molecule has 8 heteroatoms. The standard InChI is InChI=1S/C24H32N6O2/c1-29(2)21-13-9-19(10-14-21)17-25-27-23(31)7-5-6-8-24(32)28-26-18-20-11-15-22(16-12-20)30(3)4/h9-18H,5-8H2,1-4H3,(H,27,31)(H,28,32)/b25-17+,26-18+. The van der Waals surface area contributed by atoms with E-state index in [9.17, 15) is 9.59 Å². The lowest BCUT2D eigenvalue weighted by Crippen LogP contribution is -2.19. The van der Waals surface area contributed by atoms with Crippen molar-refractivity contribution in [3.05, 3.63) is 59.7 Å². The Hall–Kier alpha value is -3.68. The van der Waals surface area contributed by atoms with Crippen LogP contribution in [0.3, 0.4) is 0 Å². The second-order valence-corrected chi connectivity index (χ2v) is 7.77. The van der Waals surface area contributed by atoms with E-state index in [0.29, 0.717) is 25.7 Å². The number of benzene rings is 2. The van der Waals surface area contributed by atoms with Crippen molar-refractivity contribution in [1.82, 2.24) is 10.9 Å². The number of unbranched alkanes of at least 4 members (excludes halogenated alkanes) is 1. The summed E-state index contributed by atoms with van der Waals surface area (Å²) in [6.07, 6.45) is 5.04. The number of carbonyl (C=O) groups is 2. The van der Waals surface area contributed by atoms with Gasteiger partial charge in [0.2, 0.25) is 11.8 Å². The second-order valence-electron chi connectivity index (χ2n) is 7.77. The molecular weight excluding hydrogens is 404 g/mol. The van der Waals surface area contributed by atoms with Gasteiger partial charge in [-0.1, -0.05) is 24.3 Å². The zero-order chi connectivity index (χ0) is 23.3. The van der Waals surface area contributed by atoms with Crippen molar-refractivity contribution in [3.8, 4) is 0 Å². The van der Waals surface area contributed by atoms with E-state index in [1.54, 1.807) is 12.4 Å². The molecule has 0 unspecified atom stereocenters. The maximum absolute atomic E-state index is 11.9. The first-order valence-corrected chi connectivity index (χ1v) is 10.5. The van der Waals surface area contributed by atoms with Gasteiger partial charge in [0, 0.05) is 52.4 Å². The fourth-order valence-corrected chi connectivity index (χ4v) is 2.76. The molecular formula is C24H32N6O2. The number of hydrazone groups is 2. The van der Waals surface area contributed by atoms with Crippen LogP contribution in [0.1, 0.15) is 36.8 Å². The van der Waals surface area contributed by atoms with Gasteiger partial charge in [-0.3, -0.25) is 9.59 Å². The molecule has 2 N–H and O–H groups in total. The topological polar surface area (TPSA) is 89.4 Å². The van der Waals surface area contributed by atoms with Crippen LogP contribution < -0.4 is 20.7 Å². The van der Waals surface area contributed by atoms with Crippen LogP contribution >= 0.6 is 0 Å². The highest BCUT2D eigenvalue weighted by atomic mass is 16.2. The van der Waals surface area contributed by atoms with E-state index in [1.165, 1.54) is 0 Å². The Balaban J connectivity index is 1.59. The van der Waals surface area contributed by atoms with Gasteiger partial charge in [-0.2, -0.15) is 10.2 Å². The normalized spacial score (nSPS) is 11.0. The lowest BCUT2D eigenvalue weighted by Gasteiger charge is -2.11. The summed E-state index contributed by atoms with van der Waals surface area (Å²) in [6.45, 7) is 0. The van der Waals surface area contributed by atoms with Crippen molar-refractivity contribution in [2.75, 3.05) is 38.0 Å². The lowest BCUT2D eigenvalue weighted by atomic mass is 10.2. The molecule has 0 aliphatic carbocycles. The molecule has 0 saturated heterocycles. The van der Waals surface area contributed by atoms with Gasteiger partial charge in [0.05, 0.1) is 12.4 Å². The molecule has 0 radical (unpaired) electrons. The minimum Gasteiger partial charge on any atom is -0.378 e. The summed E-state index contributed by atoms with van der Waals surface area (Å²) in [5.74, 6) is -0.350. The Bertz CT molecular complexity index is 841. The van der Waals surface area contributed by atoms with Crippen LogP contribution in [0.25, 0.3) is 0 Å². The van der Waals surface area contributed by atoms with Crippen LogP contribution in [0.5, 0.6) is 0 Å². The van der Waals surface area contributed by atoms with Crippen molar-refractivity contribution >= 4 is 35.6 Å². The first kappa shape index (κ1) is 24.6. The maximum atomic E-state index is 11.9. The van der Waals surface area contributed by atoms with E-state index in [-0.39, 0.29) is 11.8 Å². The number of nitrogens with zero attached hydrogens (tertiary/aromatic N) is 4. The average Bonchev–Trinajstić information content (AvgIpc) is 2.77. The van der Waals surface area contributed by atoms with Crippen LogP contribution in [-0.4, -0.2) is 52.4 Å². The third kappa shape index (κ3) is 8.99. The first-order chi connectivity index (χ1) is 15.3. The van der Waals surface area contributed by atoms with Gasteiger partial charge in [0.25, 0.3) is 0 Å². The van der Waals surface area contributed by atoms with Crippen LogP contribution in [0, 0.1) is 0 Å². The van der Waals surface area contributed by atoms with E-state index in [2.05, 4.69) is 21.1 Å². The Labute approximate surface area is 190 Å². The summed E-state index contributed by atoms with van der Waals surface area (Å²) >= 11 is 0. The van der Waals surface area contributed by atoms with Crippen LogP contribution in [0.2, 0.25) is 0 Å². The molecule has 2 rings (SSSR count). The number of carbonyl (C=O) groups excluding carboxylic acids is 2. The summed E-state index contributed by atoms with van der Waals surface area (Å²) in [7, 11) is 7.91. The molecule has 0 bridgehead atoms. The SMILES string of the molecule is CN(C)c1ccc(/C=N/NC(=O)CCCCC(=O)N/N=C/c2ccc(N(C)C)cc2)cc1. The molecule has 2 aromatic rings. The number of amides is 2. The van der Waals surface area contributed by atoms with Gasteiger partial charge in [0.1, 0.15) is 0 Å². The van der Waals surface area contributed by atoms with Gasteiger partial charge in [-0.25, -0.2) is 10.9 Å². The highest BCUT2D eigenvalue weighted by Crippen LogP contribution is 2.11. The van der Waals surface area contributed by atoms with Crippen molar-refractivity contribution in [2.24, 2.45) is 10.2 Å². The van der Waals surface area contributed by atoms with Crippen molar-refractivity contribution in [3.63, 3.8) is 0 Å². The molecule has 2 amide bonds. The predicted molar refractivity (Wildman–Crippen MR) is 131 cm³/mol. The molecule has 0 fully saturated rings. The third-order valence-electron chi connectivity index (χ3n) is 4.68. The van der Waals surface area contributed by atoms with Crippen LogP contribution in [0.4, 0.5) is 11.4 Å². The number of anilines is 2. The van der Waals surface area contributed by atoms with E-state index in [4.69, 9.17) is 0 Å². The molecule has 0 atom stereocenters. The molecule has 0 heterocycles. The zero-order valence-electron chi connectivity index (χ0n) is 19.2. The number of hydrogen-bond donors (Lipinski definition) is 2. The highest BCUT2D eigenvalue weighted by molar-refractivity contribution is 5.83. The molecule has 0 spiro atoms. The van der Waals surface area contributed by atoms with E-state index >= 15 is 0 Å². The molecule has 0 aliphatic rings. The van der Waals surface area contributed by atoms with Crippen LogP contribution in [-0.2, 0) is 9.59 Å². The summed E-state index contributed by atoms with van der Waals surface area (Å²) < 4.78 is 0. The minimum atomic E-state index is -0.175. The summed E-state index contributed by atoms with van der Waals surface area (Å²) in [5, 5.41) is 7.95. The second kappa shape index (κ2) is 12.9. The Kier molecular flexibility index (Phi) is 9.90. The fourth-order valence-electron chi connectivity index (χ4n) is 2.76. The Morgan fingerprint density at radius 2 is 1.03 bits per heavy atom. The fraction of sp³-hybridized carbons (Fsp3) is 0.333. The summed E-state index contributed by atoms with van der Waals surface area (Å²) in [4.78, 5) is 27.7. The smallest absolute Gasteiger partial charge is 0.240 e. The maximum Gasteiger partial charge on any atom is 0.240 e. The van der Waals surface area contributed by atoms with Gasteiger partial charge in [0.15, 0.2) is 0 Å². The average molecular weight is 437 g/mol. The summed E-state index contributed by atoms with van der Waals surface area (Å²) in [6, 6.07) is 15.7. The van der Waals surface area contributed by atoms with Crippen molar-refractivity contribution in [1.29, 1.82) is 0 Å².